The number of aryl methyl sites for hydroxylation is 1. The summed E-state index contributed by atoms with van der Waals surface area (Å²) >= 11 is 0. The summed E-state index contributed by atoms with van der Waals surface area (Å²) in [6.45, 7) is 5.76. The second kappa shape index (κ2) is 6.91. The van der Waals surface area contributed by atoms with Crippen molar-refractivity contribution in [1.82, 2.24) is 4.31 Å². The van der Waals surface area contributed by atoms with Crippen molar-refractivity contribution in [3.8, 4) is 0 Å². The summed E-state index contributed by atoms with van der Waals surface area (Å²) in [5, 5.41) is 0. The maximum atomic E-state index is 13.1. The van der Waals surface area contributed by atoms with Crippen molar-refractivity contribution in [2.75, 3.05) is 11.5 Å². The van der Waals surface area contributed by atoms with Gasteiger partial charge in [-0.1, -0.05) is 26.0 Å². The molecule has 130 valence electrons. The predicted molar refractivity (Wildman–Crippen MR) is 91.7 cm³/mol. The van der Waals surface area contributed by atoms with E-state index in [2.05, 4.69) is 0 Å². The van der Waals surface area contributed by atoms with Gasteiger partial charge in [-0.3, -0.25) is 0 Å². The number of hydrogen-bond acceptors (Lipinski definition) is 4. The fourth-order valence-electron chi connectivity index (χ4n) is 2.97. The quantitative estimate of drug-likeness (QED) is 0.781. The molecule has 2 atom stereocenters. The van der Waals surface area contributed by atoms with E-state index >= 15 is 0 Å². The normalized spacial score (nSPS) is 22.3. The minimum Gasteiger partial charge on any atom is -0.229 e. The topological polar surface area (TPSA) is 71.5 Å². The summed E-state index contributed by atoms with van der Waals surface area (Å²) in [4.78, 5) is 0.235. The molecule has 0 radical (unpaired) electrons. The molecule has 1 aromatic carbocycles. The molecule has 0 aliphatic carbocycles. The Morgan fingerprint density at radius 2 is 1.83 bits per heavy atom. The summed E-state index contributed by atoms with van der Waals surface area (Å²) in [5.74, 6) is -0.0154. The van der Waals surface area contributed by atoms with Crippen LogP contribution >= 0.6 is 0 Å². The number of nitrogens with zero attached hydrogens (tertiary/aromatic N) is 1. The van der Waals surface area contributed by atoms with Gasteiger partial charge in [0, 0.05) is 12.1 Å². The molecule has 0 amide bonds. The first kappa shape index (κ1) is 18.4. The summed E-state index contributed by atoms with van der Waals surface area (Å²) in [6, 6.07) is 6.16. The van der Waals surface area contributed by atoms with Crippen molar-refractivity contribution in [1.29, 1.82) is 0 Å². The van der Waals surface area contributed by atoms with Crippen molar-refractivity contribution < 1.29 is 16.8 Å². The highest BCUT2D eigenvalue weighted by atomic mass is 32.2. The second-order valence-electron chi connectivity index (χ2n) is 6.15. The Kier molecular flexibility index (Phi) is 5.53. The second-order valence-corrected chi connectivity index (χ2v) is 10.2. The zero-order valence-corrected chi connectivity index (χ0v) is 15.5. The van der Waals surface area contributed by atoms with Crippen LogP contribution in [0.2, 0.25) is 0 Å². The minimum atomic E-state index is -3.70. The molecule has 23 heavy (non-hydrogen) atoms. The van der Waals surface area contributed by atoms with Crippen LogP contribution in [-0.2, 0) is 26.3 Å². The Morgan fingerprint density at radius 1 is 1.22 bits per heavy atom. The van der Waals surface area contributed by atoms with Crippen molar-refractivity contribution in [2.45, 2.75) is 57.0 Å². The lowest BCUT2D eigenvalue weighted by Gasteiger charge is -2.32. The molecule has 1 saturated heterocycles. The summed E-state index contributed by atoms with van der Waals surface area (Å²) < 4.78 is 51.1. The highest BCUT2D eigenvalue weighted by Crippen LogP contribution is 2.28. The molecule has 5 nitrogen and oxygen atoms in total. The zero-order chi connectivity index (χ0) is 17.3. The van der Waals surface area contributed by atoms with Gasteiger partial charge in [0.25, 0.3) is 0 Å². The summed E-state index contributed by atoms with van der Waals surface area (Å²) in [5.41, 5.74) is 1.07. The van der Waals surface area contributed by atoms with Gasteiger partial charge in [0.2, 0.25) is 10.0 Å². The van der Waals surface area contributed by atoms with Gasteiger partial charge in [-0.25, -0.2) is 16.8 Å². The lowest BCUT2D eigenvalue weighted by molar-refractivity contribution is 0.271. The Labute approximate surface area is 139 Å². The van der Waals surface area contributed by atoms with E-state index in [-0.39, 0.29) is 22.4 Å². The van der Waals surface area contributed by atoms with E-state index in [1.807, 2.05) is 32.9 Å². The molecule has 0 N–H and O–H groups in total. The van der Waals surface area contributed by atoms with Crippen molar-refractivity contribution >= 4 is 19.9 Å². The van der Waals surface area contributed by atoms with Gasteiger partial charge in [-0.05, 0) is 43.9 Å². The average molecular weight is 360 g/mol. The van der Waals surface area contributed by atoms with E-state index < -0.39 is 25.9 Å². The zero-order valence-electron chi connectivity index (χ0n) is 13.9. The molecule has 0 saturated carbocycles. The molecular formula is C16H25NO4S2. The maximum absolute atomic E-state index is 13.1. The van der Waals surface area contributed by atoms with E-state index in [0.717, 1.165) is 12.0 Å². The van der Waals surface area contributed by atoms with Gasteiger partial charge in [-0.2, -0.15) is 4.31 Å². The van der Waals surface area contributed by atoms with Crippen LogP contribution in [0.3, 0.4) is 0 Å². The third-order valence-electron chi connectivity index (χ3n) is 4.50. The van der Waals surface area contributed by atoms with Crippen molar-refractivity contribution in [2.24, 2.45) is 0 Å². The predicted octanol–water partition coefficient (Wildman–Crippen LogP) is 2.23. The molecule has 0 bridgehead atoms. The van der Waals surface area contributed by atoms with Gasteiger partial charge in [0.1, 0.15) is 0 Å². The number of benzene rings is 1. The molecule has 1 aliphatic heterocycles. The highest BCUT2D eigenvalue weighted by molar-refractivity contribution is 7.92. The third kappa shape index (κ3) is 3.95. The van der Waals surface area contributed by atoms with E-state index in [9.17, 15) is 16.8 Å². The summed E-state index contributed by atoms with van der Waals surface area (Å²) in [6.07, 6.45) is 1.86. The van der Waals surface area contributed by atoms with Crippen LogP contribution in [0, 0.1) is 0 Å². The van der Waals surface area contributed by atoms with Gasteiger partial charge in [0.15, 0.2) is 9.84 Å². The molecule has 1 fully saturated rings. The molecular weight excluding hydrogens is 334 g/mol. The fourth-order valence-corrected chi connectivity index (χ4v) is 6.69. The first-order chi connectivity index (χ1) is 10.7. The molecule has 0 aromatic heterocycles. The summed E-state index contributed by atoms with van der Waals surface area (Å²) in [7, 11) is -6.84. The van der Waals surface area contributed by atoms with E-state index in [4.69, 9.17) is 0 Å². The minimum absolute atomic E-state index is 0.0644. The fraction of sp³-hybridized carbons (Fsp3) is 0.625. The molecule has 1 heterocycles. The van der Waals surface area contributed by atoms with Crippen LogP contribution < -0.4 is 0 Å². The Hall–Kier alpha value is -0.920. The van der Waals surface area contributed by atoms with Gasteiger partial charge < -0.3 is 0 Å². The molecule has 1 aliphatic rings. The highest BCUT2D eigenvalue weighted by Gasteiger charge is 2.40. The number of hydrogen-bond donors (Lipinski definition) is 0. The van der Waals surface area contributed by atoms with E-state index in [1.165, 1.54) is 4.31 Å². The largest absolute Gasteiger partial charge is 0.243 e. The van der Waals surface area contributed by atoms with E-state index in [1.54, 1.807) is 12.1 Å². The van der Waals surface area contributed by atoms with Gasteiger partial charge in [-0.15, -0.1) is 0 Å². The number of rotatable bonds is 6. The molecule has 0 unspecified atom stereocenters. The standard InChI is InChI=1S/C16H25NO4S2/c1-4-13(3)17(15-10-11-22(18,19)12-15)23(20,21)16-8-6-14(5-2)7-9-16/h6-9,13,15H,4-5,10-12H2,1-3H3/t13-,15-/m1/s1. The van der Waals surface area contributed by atoms with Crippen LogP contribution in [-0.4, -0.2) is 44.7 Å². The Balaban J connectivity index is 2.41. The average Bonchev–Trinajstić information content (AvgIpc) is 2.86. The Bertz CT molecular complexity index is 739. The Morgan fingerprint density at radius 3 is 2.26 bits per heavy atom. The smallest absolute Gasteiger partial charge is 0.229 e. The van der Waals surface area contributed by atoms with Crippen LogP contribution in [0.25, 0.3) is 0 Å². The van der Waals surface area contributed by atoms with Crippen molar-refractivity contribution in [3.05, 3.63) is 29.8 Å². The lowest BCUT2D eigenvalue weighted by atomic mass is 10.2. The third-order valence-corrected chi connectivity index (χ3v) is 8.33. The van der Waals surface area contributed by atoms with Gasteiger partial charge in [0.05, 0.1) is 16.4 Å². The molecule has 0 spiro atoms. The van der Waals surface area contributed by atoms with Crippen LogP contribution in [0.4, 0.5) is 0 Å². The molecule has 2 rings (SSSR count). The maximum Gasteiger partial charge on any atom is 0.243 e. The number of sulfone groups is 1. The van der Waals surface area contributed by atoms with Crippen LogP contribution in [0.15, 0.2) is 29.2 Å². The SMILES string of the molecule is CCc1ccc(S(=O)(=O)N([C@@H]2CCS(=O)(=O)C2)[C@H](C)CC)cc1. The van der Waals surface area contributed by atoms with Gasteiger partial charge >= 0.3 is 0 Å². The molecule has 7 heteroatoms. The van der Waals surface area contributed by atoms with E-state index in [0.29, 0.717) is 12.8 Å². The lowest BCUT2D eigenvalue weighted by Crippen LogP contribution is -2.46. The molecule has 1 aromatic rings. The first-order valence-electron chi connectivity index (χ1n) is 8.04. The first-order valence-corrected chi connectivity index (χ1v) is 11.3. The van der Waals surface area contributed by atoms with Crippen molar-refractivity contribution in [3.63, 3.8) is 0 Å². The van der Waals surface area contributed by atoms with Crippen LogP contribution in [0.1, 0.15) is 39.2 Å². The number of sulfonamides is 1. The monoisotopic (exact) mass is 359 g/mol. The van der Waals surface area contributed by atoms with Crippen LogP contribution in [0.5, 0.6) is 0 Å².